The smallest absolute Gasteiger partial charge is 0.325 e. The normalized spacial score (nSPS) is 10.0. The van der Waals surface area contributed by atoms with E-state index < -0.39 is 17.7 Å². The van der Waals surface area contributed by atoms with Crippen LogP contribution in [0.3, 0.4) is 0 Å². The summed E-state index contributed by atoms with van der Waals surface area (Å²) in [4.78, 5) is 24.3. The van der Waals surface area contributed by atoms with Gasteiger partial charge < -0.3 is 9.64 Å². The standard InChI is InChI=1S/C12H13BrFNO3/c1-3-18-11(16)7-15(2)12(17)9-6-8(13)4-5-10(9)14/h4-6H,3,7H2,1-2H3. The molecule has 0 N–H and O–H groups in total. The molecule has 0 unspecified atom stereocenters. The number of esters is 1. The van der Waals surface area contributed by atoms with Crippen molar-refractivity contribution in [3.63, 3.8) is 0 Å². The second kappa shape index (κ2) is 6.49. The van der Waals surface area contributed by atoms with E-state index >= 15 is 0 Å². The number of hydrogen-bond acceptors (Lipinski definition) is 3. The zero-order valence-corrected chi connectivity index (χ0v) is 11.7. The van der Waals surface area contributed by atoms with Crippen molar-refractivity contribution in [2.45, 2.75) is 6.92 Å². The first kappa shape index (κ1) is 14.6. The molecule has 0 aliphatic carbocycles. The summed E-state index contributed by atoms with van der Waals surface area (Å²) >= 11 is 3.16. The van der Waals surface area contributed by atoms with Gasteiger partial charge in [0.2, 0.25) is 0 Å². The van der Waals surface area contributed by atoms with Crippen LogP contribution >= 0.6 is 15.9 Å². The van der Waals surface area contributed by atoms with Crippen LogP contribution in [0.5, 0.6) is 0 Å². The molecule has 0 fully saturated rings. The van der Waals surface area contributed by atoms with E-state index in [4.69, 9.17) is 4.74 Å². The zero-order valence-electron chi connectivity index (χ0n) is 10.1. The van der Waals surface area contributed by atoms with Gasteiger partial charge in [-0.15, -0.1) is 0 Å². The van der Waals surface area contributed by atoms with Crippen molar-refractivity contribution in [3.05, 3.63) is 34.1 Å². The molecule has 1 aromatic carbocycles. The van der Waals surface area contributed by atoms with Gasteiger partial charge in [0.1, 0.15) is 12.4 Å². The summed E-state index contributed by atoms with van der Waals surface area (Å²) in [5, 5.41) is 0. The summed E-state index contributed by atoms with van der Waals surface area (Å²) in [6.45, 7) is 1.71. The van der Waals surface area contributed by atoms with Gasteiger partial charge in [0.15, 0.2) is 0 Å². The van der Waals surface area contributed by atoms with Crippen molar-refractivity contribution in [2.24, 2.45) is 0 Å². The molecule has 0 atom stereocenters. The second-order valence-electron chi connectivity index (χ2n) is 3.59. The van der Waals surface area contributed by atoms with Gasteiger partial charge in [-0.25, -0.2) is 4.39 Å². The van der Waals surface area contributed by atoms with Crippen molar-refractivity contribution >= 4 is 27.8 Å². The number of halogens is 2. The van der Waals surface area contributed by atoms with E-state index in [2.05, 4.69) is 15.9 Å². The molecule has 0 spiro atoms. The molecular formula is C12H13BrFNO3. The third kappa shape index (κ3) is 3.80. The number of carbonyl (C=O) groups excluding carboxylic acids is 2. The van der Waals surface area contributed by atoms with E-state index in [9.17, 15) is 14.0 Å². The van der Waals surface area contributed by atoms with Gasteiger partial charge in [0.25, 0.3) is 5.91 Å². The van der Waals surface area contributed by atoms with Crippen LogP contribution in [-0.2, 0) is 9.53 Å². The zero-order chi connectivity index (χ0) is 13.7. The van der Waals surface area contributed by atoms with Gasteiger partial charge >= 0.3 is 5.97 Å². The van der Waals surface area contributed by atoms with Gasteiger partial charge in [-0.2, -0.15) is 0 Å². The molecule has 18 heavy (non-hydrogen) atoms. The quantitative estimate of drug-likeness (QED) is 0.800. The van der Waals surface area contributed by atoms with E-state index in [-0.39, 0.29) is 18.7 Å². The maximum Gasteiger partial charge on any atom is 0.325 e. The molecule has 0 saturated carbocycles. The number of amides is 1. The molecular weight excluding hydrogens is 305 g/mol. The van der Waals surface area contributed by atoms with Crippen LogP contribution in [0.2, 0.25) is 0 Å². The van der Waals surface area contributed by atoms with Crippen LogP contribution in [0.4, 0.5) is 4.39 Å². The first-order valence-corrected chi connectivity index (χ1v) is 6.11. The van der Waals surface area contributed by atoms with Crippen LogP contribution in [0, 0.1) is 5.82 Å². The fourth-order valence-corrected chi connectivity index (χ4v) is 1.70. The van der Waals surface area contributed by atoms with Gasteiger partial charge in [0, 0.05) is 11.5 Å². The van der Waals surface area contributed by atoms with Gasteiger partial charge in [0.05, 0.1) is 12.2 Å². The predicted octanol–water partition coefficient (Wildman–Crippen LogP) is 2.22. The summed E-state index contributed by atoms with van der Waals surface area (Å²) < 4.78 is 18.8. The predicted molar refractivity (Wildman–Crippen MR) is 67.7 cm³/mol. The molecule has 0 aliphatic rings. The summed E-state index contributed by atoms with van der Waals surface area (Å²) in [5.74, 6) is -1.72. The average molecular weight is 318 g/mol. The Bertz CT molecular complexity index is 465. The molecule has 1 aromatic rings. The van der Waals surface area contributed by atoms with E-state index in [0.29, 0.717) is 4.47 Å². The van der Waals surface area contributed by atoms with E-state index in [1.165, 1.54) is 25.2 Å². The summed E-state index contributed by atoms with van der Waals surface area (Å²) in [5.41, 5.74) is -0.0869. The Kier molecular flexibility index (Phi) is 5.27. The Morgan fingerprint density at radius 1 is 1.44 bits per heavy atom. The van der Waals surface area contributed by atoms with E-state index in [1.807, 2.05) is 0 Å². The topological polar surface area (TPSA) is 46.6 Å². The lowest BCUT2D eigenvalue weighted by Crippen LogP contribution is -2.33. The molecule has 0 radical (unpaired) electrons. The minimum absolute atomic E-state index is 0.0869. The lowest BCUT2D eigenvalue weighted by molar-refractivity contribution is -0.143. The Balaban J connectivity index is 2.80. The average Bonchev–Trinajstić information content (AvgIpc) is 2.31. The highest BCUT2D eigenvalue weighted by Crippen LogP contribution is 2.16. The Morgan fingerprint density at radius 2 is 2.11 bits per heavy atom. The molecule has 6 heteroatoms. The molecule has 1 rings (SSSR count). The lowest BCUT2D eigenvalue weighted by Gasteiger charge is -2.16. The second-order valence-corrected chi connectivity index (χ2v) is 4.51. The van der Waals surface area contributed by atoms with Crippen LogP contribution < -0.4 is 0 Å². The fraction of sp³-hybridized carbons (Fsp3) is 0.333. The Labute approximate surface area is 113 Å². The lowest BCUT2D eigenvalue weighted by atomic mass is 10.2. The molecule has 0 bridgehead atoms. The van der Waals surface area contributed by atoms with Crippen LogP contribution in [0.15, 0.2) is 22.7 Å². The van der Waals surface area contributed by atoms with Crippen molar-refractivity contribution in [1.29, 1.82) is 0 Å². The van der Waals surface area contributed by atoms with Crippen LogP contribution in [0.1, 0.15) is 17.3 Å². The largest absolute Gasteiger partial charge is 0.465 e. The third-order valence-electron chi connectivity index (χ3n) is 2.18. The summed E-state index contributed by atoms with van der Waals surface area (Å²) in [7, 11) is 1.42. The summed E-state index contributed by atoms with van der Waals surface area (Å²) in [6.07, 6.45) is 0. The third-order valence-corrected chi connectivity index (χ3v) is 2.67. The van der Waals surface area contributed by atoms with Crippen LogP contribution in [-0.4, -0.2) is 37.0 Å². The Morgan fingerprint density at radius 3 is 2.72 bits per heavy atom. The highest BCUT2D eigenvalue weighted by atomic mass is 79.9. The number of nitrogens with zero attached hydrogens (tertiary/aromatic N) is 1. The first-order chi connectivity index (χ1) is 8.45. The minimum atomic E-state index is -0.626. The van der Waals surface area contributed by atoms with Gasteiger partial charge in [-0.05, 0) is 25.1 Å². The van der Waals surface area contributed by atoms with Gasteiger partial charge in [-0.1, -0.05) is 15.9 Å². The number of carbonyl (C=O) groups is 2. The molecule has 0 aromatic heterocycles. The number of benzene rings is 1. The molecule has 0 heterocycles. The maximum atomic E-state index is 13.5. The number of ether oxygens (including phenoxy) is 1. The van der Waals surface area contributed by atoms with E-state index in [0.717, 1.165) is 4.90 Å². The highest BCUT2D eigenvalue weighted by molar-refractivity contribution is 9.10. The number of hydrogen-bond donors (Lipinski definition) is 0. The molecule has 0 aliphatic heterocycles. The van der Waals surface area contributed by atoms with Crippen LogP contribution in [0.25, 0.3) is 0 Å². The highest BCUT2D eigenvalue weighted by Gasteiger charge is 2.19. The monoisotopic (exact) mass is 317 g/mol. The first-order valence-electron chi connectivity index (χ1n) is 5.31. The number of likely N-dealkylation sites (N-methyl/N-ethyl adjacent to an activating group) is 1. The van der Waals surface area contributed by atoms with Gasteiger partial charge in [-0.3, -0.25) is 9.59 Å². The maximum absolute atomic E-state index is 13.5. The van der Waals surface area contributed by atoms with Crippen molar-refractivity contribution < 1.29 is 18.7 Å². The Hall–Kier alpha value is -1.43. The van der Waals surface area contributed by atoms with Crippen molar-refractivity contribution in [1.82, 2.24) is 4.90 Å². The van der Waals surface area contributed by atoms with Crippen molar-refractivity contribution in [2.75, 3.05) is 20.2 Å². The fourth-order valence-electron chi connectivity index (χ4n) is 1.34. The van der Waals surface area contributed by atoms with E-state index in [1.54, 1.807) is 6.92 Å². The summed E-state index contributed by atoms with van der Waals surface area (Å²) in [6, 6.07) is 4.06. The SMILES string of the molecule is CCOC(=O)CN(C)C(=O)c1cc(Br)ccc1F. The molecule has 1 amide bonds. The van der Waals surface area contributed by atoms with Crippen molar-refractivity contribution in [3.8, 4) is 0 Å². The molecule has 4 nitrogen and oxygen atoms in total. The molecule has 98 valence electrons. The number of rotatable bonds is 4. The molecule has 0 saturated heterocycles. The minimum Gasteiger partial charge on any atom is -0.465 e.